The average molecular weight is 341 g/mol. The van der Waals surface area contributed by atoms with Crippen molar-refractivity contribution in [3.8, 4) is 0 Å². The Labute approximate surface area is 144 Å². The maximum atomic E-state index is 11.9. The molecule has 0 bridgehead atoms. The maximum Gasteiger partial charge on any atom is 0.225 e. The predicted octanol–water partition coefficient (Wildman–Crippen LogP) is 3.55. The Hall–Kier alpha value is -2.41. The highest BCUT2D eigenvalue weighted by Crippen LogP contribution is 2.23. The minimum Gasteiger partial charge on any atom is -0.311 e. The molecule has 0 spiro atoms. The van der Waals surface area contributed by atoms with Crippen LogP contribution in [0, 0.1) is 0 Å². The van der Waals surface area contributed by atoms with Gasteiger partial charge in [0.1, 0.15) is 12.1 Å². The van der Waals surface area contributed by atoms with Crippen LogP contribution >= 0.6 is 11.8 Å². The third kappa shape index (κ3) is 4.11. The third-order valence-corrected chi connectivity index (χ3v) is 4.47. The number of nitrogens with zero attached hydrogens (tertiary/aromatic N) is 4. The van der Waals surface area contributed by atoms with Crippen LogP contribution in [0.25, 0.3) is 5.65 Å². The summed E-state index contributed by atoms with van der Waals surface area (Å²) in [5.41, 5.74) is 1.88. The fourth-order valence-corrected chi connectivity index (χ4v) is 3.14. The van der Waals surface area contributed by atoms with Crippen LogP contribution in [0.1, 0.15) is 31.7 Å². The molecule has 0 aliphatic heterocycles. The highest BCUT2D eigenvalue weighted by atomic mass is 32.2. The van der Waals surface area contributed by atoms with E-state index in [1.54, 1.807) is 22.3 Å². The summed E-state index contributed by atoms with van der Waals surface area (Å²) in [6, 6.07) is 11.9. The molecule has 0 aliphatic rings. The number of rotatable bonds is 7. The monoisotopic (exact) mass is 341 g/mol. The highest BCUT2D eigenvalue weighted by molar-refractivity contribution is 7.98. The number of hydrogen-bond donors (Lipinski definition) is 1. The molecule has 0 saturated heterocycles. The van der Waals surface area contributed by atoms with Crippen LogP contribution in [0.15, 0.2) is 47.9 Å². The van der Waals surface area contributed by atoms with E-state index >= 15 is 0 Å². The Morgan fingerprint density at radius 2 is 2.12 bits per heavy atom. The summed E-state index contributed by atoms with van der Waals surface area (Å²) in [7, 11) is 0. The van der Waals surface area contributed by atoms with Crippen molar-refractivity contribution in [1.82, 2.24) is 19.6 Å². The molecular weight excluding hydrogens is 322 g/mol. The van der Waals surface area contributed by atoms with Crippen molar-refractivity contribution in [2.75, 3.05) is 5.32 Å². The summed E-state index contributed by atoms with van der Waals surface area (Å²) in [6.45, 7) is 2.06. The largest absolute Gasteiger partial charge is 0.311 e. The third-order valence-electron chi connectivity index (χ3n) is 3.47. The van der Waals surface area contributed by atoms with Gasteiger partial charge < -0.3 is 5.32 Å². The lowest BCUT2D eigenvalue weighted by Gasteiger charge is -2.08. The molecule has 2 aromatic heterocycles. The van der Waals surface area contributed by atoms with Crippen molar-refractivity contribution in [2.24, 2.45) is 0 Å². The van der Waals surface area contributed by atoms with Crippen molar-refractivity contribution >= 4 is 29.1 Å². The minimum absolute atomic E-state index is 0.0211. The van der Waals surface area contributed by atoms with Gasteiger partial charge in [-0.3, -0.25) is 4.79 Å². The average Bonchev–Trinajstić information content (AvgIpc) is 3.07. The van der Waals surface area contributed by atoms with Gasteiger partial charge in [0, 0.05) is 18.2 Å². The van der Waals surface area contributed by atoms with E-state index in [4.69, 9.17) is 0 Å². The van der Waals surface area contributed by atoms with Crippen molar-refractivity contribution in [1.29, 1.82) is 0 Å². The van der Waals surface area contributed by atoms with E-state index in [-0.39, 0.29) is 5.91 Å². The van der Waals surface area contributed by atoms with Crippen molar-refractivity contribution in [3.05, 3.63) is 48.3 Å². The second kappa shape index (κ2) is 7.92. The van der Waals surface area contributed by atoms with Gasteiger partial charge in [0.25, 0.3) is 0 Å². The molecule has 7 heteroatoms. The maximum absolute atomic E-state index is 11.9. The first kappa shape index (κ1) is 16.4. The van der Waals surface area contributed by atoms with E-state index in [2.05, 4.69) is 39.4 Å². The van der Waals surface area contributed by atoms with Gasteiger partial charge in [-0.25, -0.2) is 9.97 Å². The number of hydrogen-bond acceptors (Lipinski definition) is 5. The van der Waals surface area contributed by atoms with E-state index in [1.807, 2.05) is 18.2 Å². The van der Waals surface area contributed by atoms with Gasteiger partial charge in [0.2, 0.25) is 5.91 Å². The normalized spacial score (nSPS) is 10.9. The summed E-state index contributed by atoms with van der Waals surface area (Å²) in [4.78, 5) is 20.7. The molecule has 2 heterocycles. The van der Waals surface area contributed by atoms with Crippen molar-refractivity contribution in [3.63, 3.8) is 0 Å². The fourth-order valence-electron chi connectivity index (χ4n) is 2.22. The van der Waals surface area contributed by atoms with Crippen LogP contribution in [0.5, 0.6) is 0 Å². The molecule has 0 unspecified atom stereocenters. The second-order valence-electron chi connectivity index (χ2n) is 5.38. The van der Waals surface area contributed by atoms with E-state index in [0.717, 1.165) is 18.6 Å². The molecule has 1 aromatic carbocycles. The van der Waals surface area contributed by atoms with Crippen LogP contribution in [-0.4, -0.2) is 25.5 Å². The molecule has 6 nitrogen and oxygen atoms in total. The zero-order valence-electron chi connectivity index (χ0n) is 13.5. The van der Waals surface area contributed by atoms with Crippen LogP contribution in [-0.2, 0) is 10.5 Å². The number of amides is 1. The fraction of sp³-hybridized carbons (Fsp3) is 0.294. The van der Waals surface area contributed by atoms with Crippen molar-refractivity contribution in [2.45, 2.75) is 37.1 Å². The summed E-state index contributed by atoms with van der Waals surface area (Å²) < 4.78 is 1.69. The smallest absolute Gasteiger partial charge is 0.225 e. The Morgan fingerprint density at radius 1 is 1.29 bits per heavy atom. The number of unbranched alkanes of at least 4 members (excludes halogenated alkanes) is 1. The topological polar surface area (TPSA) is 72.2 Å². The van der Waals surface area contributed by atoms with Gasteiger partial charge in [-0.2, -0.15) is 9.61 Å². The van der Waals surface area contributed by atoms with Gasteiger partial charge in [-0.1, -0.05) is 55.4 Å². The SMILES string of the molecule is CCCCC(=O)Nc1cc2ncnn2c(SCc2ccccc2)n1. The van der Waals surface area contributed by atoms with E-state index in [1.165, 1.54) is 11.9 Å². The Morgan fingerprint density at radius 3 is 2.92 bits per heavy atom. The molecule has 1 amide bonds. The number of anilines is 1. The first-order chi connectivity index (χ1) is 11.8. The lowest BCUT2D eigenvalue weighted by molar-refractivity contribution is -0.116. The zero-order chi connectivity index (χ0) is 16.8. The minimum atomic E-state index is -0.0211. The number of carbonyl (C=O) groups is 1. The molecular formula is C17H19N5OS. The first-order valence-corrected chi connectivity index (χ1v) is 8.92. The Bertz CT molecular complexity index is 818. The number of benzene rings is 1. The summed E-state index contributed by atoms with van der Waals surface area (Å²) in [5, 5.41) is 7.77. The predicted molar refractivity (Wildman–Crippen MR) is 94.9 cm³/mol. The molecule has 124 valence electrons. The molecule has 3 rings (SSSR count). The number of aromatic nitrogens is 4. The molecule has 0 saturated carbocycles. The lowest BCUT2D eigenvalue weighted by Crippen LogP contribution is -2.13. The zero-order valence-corrected chi connectivity index (χ0v) is 14.3. The highest BCUT2D eigenvalue weighted by Gasteiger charge is 2.11. The van der Waals surface area contributed by atoms with Gasteiger partial charge in [0.15, 0.2) is 10.8 Å². The van der Waals surface area contributed by atoms with Crippen LogP contribution in [0.2, 0.25) is 0 Å². The quantitative estimate of drug-likeness (QED) is 0.525. The molecule has 1 N–H and O–H groups in total. The molecule has 3 aromatic rings. The molecule has 24 heavy (non-hydrogen) atoms. The van der Waals surface area contributed by atoms with Gasteiger partial charge >= 0.3 is 0 Å². The lowest BCUT2D eigenvalue weighted by atomic mass is 10.2. The van der Waals surface area contributed by atoms with Gasteiger partial charge in [-0.15, -0.1) is 0 Å². The van der Waals surface area contributed by atoms with Crippen molar-refractivity contribution < 1.29 is 4.79 Å². The number of thioether (sulfide) groups is 1. The number of nitrogens with one attached hydrogen (secondary N) is 1. The molecule has 0 aliphatic carbocycles. The second-order valence-corrected chi connectivity index (χ2v) is 6.32. The molecule has 0 fully saturated rings. The first-order valence-electron chi connectivity index (χ1n) is 7.93. The van der Waals surface area contributed by atoms with E-state index < -0.39 is 0 Å². The molecule has 0 atom stereocenters. The van der Waals surface area contributed by atoms with Gasteiger partial charge in [-0.05, 0) is 12.0 Å². The van der Waals surface area contributed by atoms with Crippen LogP contribution in [0.4, 0.5) is 5.82 Å². The summed E-state index contributed by atoms with van der Waals surface area (Å²) in [5.74, 6) is 1.27. The molecule has 0 radical (unpaired) electrons. The number of fused-ring (bicyclic) bond motifs is 1. The summed E-state index contributed by atoms with van der Waals surface area (Å²) in [6.07, 6.45) is 3.85. The van der Waals surface area contributed by atoms with Gasteiger partial charge in [0.05, 0.1) is 0 Å². The van der Waals surface area contributed by atoms with E-state index in [0.29, 0.717) is 23.0 Å². The standard InChI is InChI=1S/C17H19N5OS/c1-2-3-9-16(23)20-14-10-15-18-12-19-22(15)17(21-14)24-11-13-7-5-4-6-8-13/h4-8,10,12H,2-3,9,11H2,1H3,(H,20,23). The Balaban J connectivity index is 1.78. The van der Waals surface area contributed by atoms with E-state index in [9.17, 15) is 4.79 Å². The van der Waals surface area contributed by atoms with Crippen LogP contribution in [0.3, 0.4) is 0 Å². The summed E-state index contributed by atoms with van der Waals surface area (Å²) >= 11 is 1.56. The number of carbonyl (C=O) groups excluding carboxylic acids is 1. The van der Waals surface area contributed by atoms with Crippen LogP contribution < -0.4 is 5.32 Å². The Kier molecular flexibility index (Phi) is 5.43.